The minimum atomic E-state index is 0.972. The van der Waals surface area contributed by atoms with Crippen LogP contribution in [0.4, 0.5) is 0 Å². The molecule has 3 aromatic rings. The molecule has 0 aliphatic heterocycles. The minimum absolute atomic E-state index is 0.972. The van der Waals surface area contributed by atoms with Crippen LogP contribution in [0.1, 0.15) is 19.4 Å². The lowest BCUT2D eigenvalue weighted by molar-refractivity contribution is 1.35. The molecular weight excluding hydrogens is 220 g/mol. The molecule has 1 aromatic carbocycles. The maximum Gasteiger partial charge on any atom is 0.0964 e. The number of allylic oxidation sites excluding steroid dienone is 2. The summed E-state index contributed by atoms with van der Waals surface area (Å²) in [6.45, 7) is 4.14. The second kappa shape index (κ2) is 4.22. The van der Waals surface area contributed by atoms with E-state index in [1.165, 1.54) is 11.1 Å². The Hall–Kier alpha value is -2.22. The van der Waals surface area contributed by atoms with Gasteiger partial charge in [0.05, 0.1) is 11.0 Å². The van der Waals surface area contributed by atoms with Crippen molar-refractivity contribution in [3.05, 3.63) is 54.4 Å². The van der Waals surface area contributed by atoms with Crippen molar-refractivity contribution in [1.29, 1.82) is 0 Å². The lowest BCUT2D eigenvalue weighted by Gasteiger charge is -2.05. The Morgan fingerprint density at radius 3 is 2.67 bits per heavy atom. The molecule has 0 radical (unpaired) electrons. The molecule has 0 saturated heterocycles. The van der Waals surface area contributed by atoms with E-state index in [0.717, 1.165) is 21.8 Å². The first-order valence-electron chi connectivity index (χ1n) is 6.06. The fourth-order valence-electron chi connectivity index (χ4n) is 2.12. The zero-order chi connectivity index (χ0) is 12.5. The number of hydrogen-bond donors (Lipinski definition) is 0. The Morgan fingerprint density at radius 2 is 1.83 bits per heavy atom. The van der Waals surface area contributed by atoms with Crippen LogP contribution in [0.5, 0.6) is 0 Å². The minimum Gasteiger partial charge on any atom is -0.254 e. The summed E-state index contributed by atoms with van der Waals surface area (Å²) in [5, 5.41) is 2.27. The first-order chi connectivity index (χ1) is 8.79. The molecule has 3 rings (SSSR count). The zero-order valence-corrected chi connectivity index (χ0v) is 10.5. The van der Waals surface area contributed by atoms with Crippen molar-refractivity contribution in [3.63, 3.8) is 0 Å². The quantitative estimate of drug-likeness (QED) is 0.589. The Labute approximate surface area is 106 Å². The van der Waals surface area contributed by atoms with Gasteiger partial charge in [0.2, 0.25) is 0 Å². The fourth-order valence-corrected chi connectivity index (χ4v) is 2.12. The molecule has 88 valence electrons. The summed E-state index contributed by atoms with van der Waals surface area (Å²) < 4.78 is 0. The summed E-state index contributed by atoms with van der Waals surface area (Å²) in [6.07, 6.45) is 5.84. The van der Waals surface area contributed by atoms with Gasteiger partial charge < -0.3 is 0 Å². The normalized spacial score (nSPS) is 12.2. The molecule has 0 spiro atoms. The molecule has 0 aliphatic carbocycles. The van der Waals surface area contributed by atoms with Crippen LogP contribution in [0, 0.1) is 0 Å². The molecule has 0 N–H and O–H groups in total. The molecule has 2 heteroatoms. The molecular formula is C16H14N2. The number of benzene rings is 1. The third kappa shape index (κ3) is 1.66. The van der Waals surface area contributed by atoms with Gasteiger partial charge in [-0.2, -0.15) is 0 Å². The molecule has 2 nitrogen and oxygen atoms in total. The molecule has 0 fully saturated rings. The first kappa shape index (κ1) is 10.9. The third-order valence-corrected chi connectivity index (χ3v) is 3.31. The van der Waals surface area contributed by atoms with Gasteiger partial charge >= 0.3 is 0 Å². The average Bonchev–Trinajstić information content (AvgIpc) is 2.45. The van der Waals surface area contributed by atoms with Crippen molar-refractivity contribution in [2.75, 3.05) is 0 Å². The molecule has 0 bridgehead atoms. The van der Waals surface area contributed by atoms with Crippen molar-refractivity contribution >= 4 is 27.4 Å². The van der Waals surface area contributed by atoms with E-state index in [0.29, 0.717) is 0 Å². The van der Waals surface area contributed by atoms with Crippen molar-refractivity contribution in [2.24, 2.45) is 0 Å². The summed E-state index contributed by atoms with van der Waals surface area (Å²) in [6, 6.07) is 10.4. The van der Waals surface area contributed by atoms with E-state index < -0.39 is 0 Å². The monoisotopic (exact) mass is 234 g/mol. The van der Waals surface area contributed by atoms with Gasteiger partial charge in [0.15, 0.2) is 0 Å². The summed E-state index contributed by atoms with van der Waals surface area (Å²) in [4.78, 5) is 9.00. The zero-order valence-electron chi connectivity index (χ0n) is 10.5. The number of pyridine rings is 2. The maximum atomic E-state index is 4.58. The Morgan fingerprint density at radius 1 is 1.06 bits per heavy atom. The van der Waals surface area contributed by atoms with Crippen LogP contribution in [-0.2, 0) is 0 Å². The lowest BCUT2D eigenvalue weighted by atomic mass is 10.1. The van der Waals surface area contributed by atoms with Crippen molar-refractivity contribution in [3.8, 4) is 0 Å². The van der Waals surface area contributed by atoms with Crippen molar-refractivity contribution < 1.29 is 0 Å². The summed E-state index contributed by atoms with van der Waals surface area (Å²) in [5.41, 5.74) is 4.35. The Bertz CT molecular complexity index is 757. The van der Waals surface area contributed by atoms with E-state index in [-0.39, 0.29) is 0 Å². The second-order valence-corrected chi connectivity index (χ2v) is 4.41. The largest absolute Gasteiger partial charge is 0.254 e. The molecule has 2 heterocycles. The topological polar surface area (TPSA) is 25.8 Å². The van der Waals surface area contributed by atoms with Crippen LogP contribution in [0.25, 0.3) is 27.4 Å². The number of hydrogen-bond acceptors (Lipinski definition) is 2. The van der Waals surface area contributed by atoms with E-state index >= 15 is 0 Å². The van der Waals surface area contributed by atoms with Gasteiger partial charge in [-0.1, -0.05) is 24.3 Å². The standard InChI is InChI=1S/C16H14N2/c1-3-11(2)14-9-13-7-6-12-5-4-8-17-15(12)16(13)18-10-14/h3-10H,1-2H3. The van der Waals surface area contributed by atoms with Gasteiger partial charge in [-0.05, 0) is 37.1 Å². The molecule has 18 heavy (non-hydrogen) atoms. The average molecular weight is 234 g/mol. The fraction of sp³-hybridized carbons (Fsp3) is 0.125. The smallest absolute Gasteiger partial charge is 0.0964 e. The lowest BCUT2D eigenvalue weighted by Crippen LogP contribution is -1.87. The van der Waals surface area contributed by atoms with E-state index in [1.54, 1.807) is 0 Å². The molecule has 0 amide bonds. The van der Waals surface area contributed by atoms with Gasteiger partial charge in [-0.25, -0.2) is 0 Å². The number of aromatic nitrogens is 2. The van der Waals surface area contributed by atoms with Gasteiger partial charge in [-0.3, -0.25) is 9.97 Å². The van der Waals surface area contributed by atoms with E-state index in [2.05, 4.69) is 47.2 Å². The van der Waals surface area contributed by atoms with Crippen LogP contribution in [0.2, 0.25) is 0 Å². The summed E-state index contributed by atoms with van der Waals surface area (Å²) >= 11 is 0. The highest BCUT2D eigenvalue weighted by atomic mass is 14.7. The van der Waals surface area contributed by atoms with Gasteiger partial charge in [0.25, 0.3) is 0 Å². The highest BCUT2D eigenvalue weighted by Gasteiger charge is 2.04. The second-order valence-electron chi connectivity index (χ2n) is 4.41. The molecule has 0 aliphatic rings. The van der Waals surface area contributed by atoms with Crippen LogP contribution < -0.4 is 0 Å². The SMILES string of the molecule is CC=C(C)c1cnc2c(ccc3cccnc32)c1. The summed E-state index contributed by atoms with van der Waals surface area (Å²) in [5.74, 6) is 0. The summed E-state index contributed by atoms with van der Waals surface area (Å²) in [7, 11) is 0. The molecule has 2 aromatic heterocycles. The Balaban J connectivity index is 2.34. The van der Waals surface area contributed by atoms with E-state index in [9.17, 15) is 0 Å². The number of rotatable bonds is 1. The number of nitrogens with zero attached hydrogens (tertiary/aromatic N) is 2. The third-order valence-electron chi connectivity index (χ3n) is 3.31. The molecule has 0 unspecified atom stereocenters. The predicted octanol–water partition coefficient (Wildman–Crippen LogP) is 4.21. The van der Waals surface area contributed by atoms with Crippen LogP contribution in [0.15, 0.2) is 48.8 Å². The predicted molar refractivity (Wildman–Crippen MR) is 76.4 cm³/mol. The Kier molecular flexibility index (Phi) is 2.56. The van der Waals surface area contributed by atoms with Crippen molar-refractivity contribution in [1.82, 2.24) is 9.97 Å². The highest BCUT2D eigenvalue weighted by molar-refractivity contribution is 6.03. The van der Waals surface area contributed by atoms with Crippen molar-refractivity contribution in [2.45, 2.75) is 13.8 Å². The molecule has 0 atom stereocenters. The van der Waals surface area contributed by atoms with Crippen LogP contribution in [0.3, 0.4) is 0 Å². The van der Waals surface area contributed by atoms with Crippen LogP contribution in [-0.4, -0.2) is 9.97 Å². The highest BCUT2D eigenvalue weighted by Crippen LogP contribution is 2.24. The van der Waals surface area contributed by atoms with Gasteiger partial charge in [0.1, 0.15) is 0 Å². The molecule has 0 saturated carbocycles. The number of fused-ring (bicyclic) bond motifs is 3. The van der Waals surface area contributed by atoms with Crippen LogP contribution >= 0.6 is 0 Å². The van der Waals surface area contributed by atoms with E-state index in [1.807, 2.05) is 25.4 Å². The van der Waals surface area contributed by atoms with Gasteiger partial charge in [0, 0.05) is 23.2 Å². The van der Waals surface area contributed by atoms with E-state index in [4.69, 9.17) is 0 Å². The first-order valence-corrected chi connectivity index (χ1v) is 6.06. The van der Waals surface area contributed by atoms with Gasteiger partial charge in [-0.15, -0.1) is 0 Å². The maximum absolute atomic E-state index is 4.58.